The van der Waals surface area contributed by atoms with Crippen molar-refractivity contribution in [3.8, 4) is 0 Å². The highest BCUT2D eigenvalue weighted by Gasteiger charge is 2.25. The van der Waals surface area contributed by atoms with Gasteiger partial charge in [0.1, 0.15) is 0 Å². The van der Waals surface area contributed by atoms with Crippen molar-refractivity contribution in [2.24, 2.45) is 0 Å². The van der Waals surface area contributed by atoms with Crippen LogP contribution in [0.2, 0.25) is 0 Å². The molecule has 2 aliphatic heterocycles. The third-order valence-electron chi connectivity index (χ3n) is 5.14. The molecule has 2 fully saturated rings. The van der Waals surface area contributed by atoms with E-state index in [2.05, 4.69) is 9.88 Å². The van der Waals surface area contributed by atoms with Gasteiger partial charge in [0, 0.05) is 51.2 Å². The van der Waals surface area contributed by atoms with Gasteiger partial charge in [0.05, 0.1) is 12.1 Å². The smallest absolute Gasteiger partial charge is 0.255 e. The molecule has 0 saturated carbocycles. The normalized spacial score (nSPS) is 19.6. The van der Waals surface area contributed by atoms with Crippen molar-refractivity contribution < 1.29 is 9.59 Å². The Morgan fingerprint density at radius 3 is 2.20 bits per heavy atom. The zero-order chi connectivity index (χ0) is 17.6. The lowest BCUT2D eigenvalue weighted by Crippen LogP contribution is -2.51. The molecular weight excluding hydrogens is 316 g/mol. The fourth-order valence-electron chi connectivity index (χ4n) is 3.50. The van der Waals surface area contributed by atoms with Gasteiger partial charge in [-0.1, -0.05) is 12.8 Å². The fraction of sp³-hybridized carbons (Fsp3) is 0.632. The Balaban J connectivity index is 1.47. The van der Waals surface area contributed by atoms with E-state index in [1.54, 1.807) is 6.20 Å². The number of carbonyl (C=O) groups is 2. The van der Waals surface area contributed by atoms with Gasteiger partial charge in [-0.2, -0.15) is 0 Å². The van der Waals surface area contributed by atoms with Crippen LogP contribution in [0.5, 0.6) is 0 Å². The van der Waals surface area contributed by atoms with Crippen molar-refractivity contribution in [2.45, 2.75) is 32.6 Å². The summed E-state index contributed by atoms with van der Waals surface area (Å²) in [6.45, 7) is 7.03. The van der Waals surface area contributed by atoms with Gasteiger partial charge in [0.25, 0.3) is 5.91 Å². The molecule has 1 aromatic rings. The van der Waals surface area contributed by atoms with Crippen LogP contribution in [0.4, 0.5) is 0 Å². The van der Waals surface area contributed by atoms with E-state index in [9.17, 15) is 9.59 Å². The molecule has 0 atom stereocenters. The molecule has 3 rings (SSSR count). The topological polar surface area (TPSA) is 56.8 Å². The minimum absolute atomic E-state index is 0.0333. The maximum Gasteiger partial charge on any atom is 0.255 e. The molecule has 25 heavy (non-hydrogen) atoms. The van der Waals surface area contributed by atoms with Crippen LogP contribution in [0.25, 0.3) is 0 Å². The van der Waals surface area contributed by atoms with Crippen molar-refractivity contribution in [1.82, 2.24) is 19.7 Å². The minimum atomic E-state index is 0.0333. The molecule has 0 aliphatic carbocycles. The van der Waals surface area contributed by atoms with Gasteiger partial charge in [-0.25, -0.2) is 0 Å². The van der Waals surface area contributed by atoms with Gasteiger partial charge in [0.15, 0.2) is 0 Å². The summed E-state index contributed by atoms with van der Waals surface area (Å²) in [6, 6.07) is 3.70. The standard InChI is InChI=1S/C19H28N4O2/c1-16-6-7-17(14-20-16)19(25)23-12-10-21(11-13-23)15-18(24)22-8-4-2-3-5-9-22/h6-7,14H,2-5,8-13,15H2,1H3. The van der Waals surface area contributed by atoms with Crippen LogP contribution in [0.3, 0.4) is 0 Å². The van der Waals surface area contributed by atoms with Crippen LogP contribution >= 0.6 is 0 Å². The molecule has 0 N–H and O–H groups in total. The third kappa shape index (κ3) is 4.78. The molecule has 2 saturated heterocycles. The Morgan fingerprint density at radius 1 is 0.920 bits per heavy atom. The van der Waals surface area contributed by atoms with E-state index in [-0.39, 0.29) is 11.8 Å². The Bertz CT molecular complexity index is 586. The van der Waals surface area contributed by atoms with Gasteiger partial charge in [-0.05, 0) is 31.9 Å². The minimum Gasteiger partial charge on any atom is -0.342 e. The number of likely N-dealkylation sites (tertiary alicyclic amines) is 1. The molecule has 0 spiro atoms. The highest BCUT2D eigenvalue weighted by Crippen LogP contribution is 2.12. The first-order chi connectivity index (χ1) is 12.1. The quantitative estimate of drug-likeness (QED) is 0.835. The monoisotopic (exact) mass is 344 g/mol. The van der Waals surface area contributed by atoms with Gasteiger partial charge >= 0.3 is 0 Å². The van der Waals surface area contributed by atoms with Gasteiger partial charge in [0.2, 0.25) is 5.91 Å². The van der Waals surface area contributed by atoms with Crippen LogP contribution in [0.1, 0.15) is 41.7 Å². The summed E-state index contributed by atoms with van der Waals surface area (Å²) in [7, 11) is 0. The number of hydrogen-bond donors (Lipinski definition) is 0. The maximum absolute atomic E-state index is 12.5. The molecule has 1 aromatic heterocycles. The fourth-order valence-corrected chi connectivity index (χ4v) is 3.50. The number of carbonyl (C=O) groups excluding carboxylic acids is 2. The Morgan fingerprint density at radius 2 is 1.60 bits per heavy atom. The maximum atomic E-state index is 12.5. The van der Waals surface area contributed by atoms with E-state index in [0.29, 0.717) is 25.2 Å². The molecule has 0 unspecified atom stereocenters. The van der Waals surface area contributed by atoms with Gasteiger partial charge in [-0.15, -0.1) is 0 Å². The molecule has 0 aromatic carbocycles. The second-order valence-corrected chi connectivity index (χ2v) is 7.05. The van der Waals surface area contributed by atoms with E-state index < -0.39 is 0 Å². The second-order valence-electron chi connectivity index (χ2n) is 7.05. The SMILES string of the molecule is Cc1ccc(C(=O)N2CCN(CC(=O)N3CCCCCC3)CC2)cn1. The average molecular weight is 344 g/mol. The van der Waals surface area contributed by atoms with E-state index in [1.165, 1.54) is 12.8 Å². The zero-order valence-corrected chi connectivity index (χ0v) is 15.1. The number of amides is 2. The Labute approximate surface area is 149 Å². The molecule has 136 valence electrons. The summed E-state index contributed by atoms with van der Waals surface area (Å²) in [4.78, 5) is 35.2. The second kappa shape index (κ2) is 8.43. The lowest BCUT2D eigenvalue weighted by atomic mass is 10.2. The van der Waals surface area contributed by atoms with Crippen molar-refractivity contribution in [1.29, 1.82) is 0 Å². The molecule has 2 aliphatic rings. The summed E-state index contributed by atoms with van der Waals surface area (Å²) in [5.41, 5.74) is 1.55. The molecular formula is C19H28N4O2. The molecule has 2 amide bonds. The summed E-state index contributed by atoms with van der Waals surface area (Å²) >= 11 is 0. The first-order valence-electron chi connectivity index (χ1n) is 9.35. The highest BCUT2D eigenvalue weighted by molar-refractivity contribution is 5.94. The largest absolute Gasteiger partial charge is 0.342 e. The number of nitrogens with zero attached hydrogens (tertiary/aromatic N) is 4. The molecule has 0 radical (unpaired) electrons. The van der Waals surface area contributed by atoms with Crippen LogP contribution < -0.4 is 0 Å². The summed E-state index contributed by atoms with van der Waals surface area (Å²) in [5, 5.41) is 0. The van der Waals surface area contributed by atoms with Crippen LogP contribution in [-0.4, -0.2) is 77.3 Å². The first kappa shape index (κ1) is 17.9. The van der Waals surface area contributed by atoms with Gasteiger partial charge in [-0.3, -0.25) is 19.5 Å². The number of aryl methyl sites for hydroxylation is 1. The molecule has 6 nitrogen and oxygen atoms in total. The third-order valence-corrected chi connectivity index (χ3v) is 5.14. The number of aromatic nitrogens is 1. The summed E-state index contributed by atoms with van der Waals surface area (Å²) < 4.78 is 0. The van der Waals surface area contributed by atoms with Crippen molar-refractivity contribution in [3.63, 3.8) is 0 Å². The van der Waals surface area contributed by atoms with Crippen molar-refractivity contribution >= 4 is 11.8 Å². The first-order valence-corrected chi connectivity index (χ1v) is 9.35. The van der Waals surface area contributed by atoms with E-state index in [0.717, 1.165) is 44.7 Å². The number of piperazine rings is 1. The highest BCUT2D eigenvalue weighted by atomic mass is 16.2. The summed E-state index contributed by atoms with van der Waals surface area (Å²) in [6.07, 6.45) is 6.36. The molecule has 0 bridgehead atoms. The Hall–Kier alpha value is -1.95. The van der Waals surface area contributed by atoms with Gasteiger partial charge < -0.3 is 9.80 Å². The van der Waals surface area contributed by atoms with E-state index in [4.69, 9.17) is 0 Å². The Kier molecular flexibility index (Phi) is 6.02. The summed E-state index contributed by atoms with van der Waals surface area (Å²) in [5.74, 6) is 0.274. The van der Waals surface area contributed by atoms with Crippen molar-refractivity contribution in [3.05, 3.63) is 29.6 Å². The number of pyridine rings is 1. The average Bonchev–Trinajstić information content (AvgIpc) is 2.92. The van der Waals surface area contributed by atoms with E-state index >= 15 is 0 Å². The molecule has 3 heterocycles. The number of hydrogen-bond acceptors (Lipinski definition) is 4. The van der Waals surface area contributed by atoms with Crippen LogP contribution in [0.15, 0.2) is 18.3 Å². The molecule has 6 heteroatoms. The predicted molar refractivity (Wildman–Crippen MR) is 96.4 cm³/mol. The van der Waals surface area contributed by atoms with E-state index in [1.807, 2.05) is 28.9 Å². The lowest BCUT2D eigenvalue weighted by molar-refractivity contribution is -0.132. The number of rotatable bonds is 3. The van der Waals surface area contributed by atoms with Crippen LogP contribution in [-0.2, 0) is 4.79 Å². The van der Waals surface area contributed by atoms with Crippen LogP contribution in [0, 0.1) is 6.92 Å². The zero-order valence-electron chi connectivity index (χ0n) is 15.1. The van der Waals surface area contributed by atoms with Crippen molar-refractivity contribution in [2.75, 3.05) is 45.8 Å². The predicted octanol–water partition coefficient (Wildman–Crippen LogP) is 1.55. The lowest BCUT2D eigenvalue weighted by Gasteiger charge is -2.35.